The molecule has 2 aromatic carbocycles. The van der Waals surface area contributed by atoms with Crippen LogP contribution in [0.4, 0.5) is 0 Å². The number of imidazole rings is 1. The molecule has 0 bridgehead atoms. The molecular weight excluding hydrogens is 468 g/mol. The van der Waals surface area contributed by atoms with Crippen LogP contribution in [0, 0.1) is 0 Å². The fourth-order valence-electron chi connectivity index (χ4n) is 4.10. The van der Waals surface area contributed by atoms with Crippen LogP contribution in [-0.4, -0.2) is 44.1 Å². The molecule has 4 aromatic rings. The number of benzene rings is 2. The van der Waals surface area contributed by atoms with Crippen molar-refractivity contribution in [1.29, 1.82) is 0 Å². The van der Waals surface area contributed by atoms with Crippen molar-refractivity contribution in [1.82, 2.24) is 30.5 Å². The van der Waals surface area contributed by atoms with E-state index in [0.717, 1.165) is 28.1 Å². The average molecular weight is 501 g/mol. The topological polar surface area (TPSA) is 121 Å². The molecule has 0 unspecified atom stereocenters. The number of carbonyl (C=O) groups excluding carboxylic acids is 1. The lowest BCUT2D eigenvalue weighted by Crippen LogP contribution is -2.41. The van der Waals surface area contributed by atoms with Crippen LogP contribution in [0.25, 0.3) is 11.0 Å². The van der Waals surface area contributed by atoms with Crippen molar-refractivity contribution >= 4 is 22.9 Å². The Morgan fingerprint density at radius 2 is 1.73 bits per heavy atom. The maximum absolute atomic E-state index is 12.6. The number of aliphatic carboxylic acids is 1. The Morgan fingerprint density at radius 1 is 0.946 bits per heavy atom. The van der Waals surface area contributed by atoms with Gasteiger partial charge in [-0.1, -0.05) is 30.3 Å². The lowest BCUT2D eigenvalue weighted by molar-refractivity contribution is -0.139. The fraction of sp³-hybridized carbons (Fsp3) is 0.286. The van der Waals surface area contributed by atoms with Crippen LogP contribution in [0.5, 0.6) is 0 Å². The van der Waals surface area contributed by atoms with Gasteiger partial charge in [-0.3, -0.25) is 9.78 Å². The fourth-order valence-corrected chi connectivity index (χ4v) is 4.10. The van der Waals surface area contributed by atoms with E-state index in [1.54, 1.807) is 18.3 Å². The van der Waals surface area contributed by atoms with Gasteiger partial charge in [0.25, 0.3) is 5.91 Å². The number of amides is 1. The number of hydrogen-bond acceptors (Lipinski definition) is 6. The zero-order valence-electron chi connectivity index (χ0n) is 20.9. The van der Waals surface area contributed by atoms with E-state index in [-0.39, 0.29) is 0 Å². The van der Waals surface area contributed by atoms with Gasteiger partial charge in [-0.05, 0) is 61.3 Å². The zero-order chi connectivity index (χ0) is 26.0. The van der Waals surface area contributed by atoms with Crippen molar-refractivity contribution in [2.45, 2.75) is 38.5 Å². The minimum absolute atomic E-state index is 0.326. The first kappa shape index (κ1) is 26.0. The number of aryl methyl sites for hydroxylation is 1. The second-order valence-electron chi connectivity index (χ2n) is 8.88. The lowest BCUT2D eigenvalue weighted by atomic mass is 10.1. The normalized spacial score (nSPS) is 11.9. The largest absolute Gasteiger partial charge is 0.480 e. The third kappa shape index (κ3) is 7.22. The van der Waals surface area contributed by atoms with Gasteiger partial charge in [0.05, 0.1) is 23.3 Å². The van der Waals surface area contributed by atoms with Crippen LogP contribution in [-0.2, 0) is 31.5 Å². The summed E-state index contributed by atoms with van der Waals surface area (Å²) in [4.78, 5) is 33.3. The Morgan fingerprint density at radius 3 is 2.46 bits per heavy atom. The monoisotopic (exact) mass is 500 g/mol. The minimum atomic E-state index is -1.04. The highest BCUT2D eigenvalue weighted by Crippen LogP contribution is 2.14. The molecule has 0 aliphatic carbocycles. The van der Waals surface area contributed by atoms with Crippen LogP contribution in [0.1, 0.15) is 40.3 Å². The highest BCUT2D eigenvalue weighted by molar-refractivity contribution is 5.96. The van der Waals surface area contributed by atoms with Crippen molar-refractivity contribution in [2.24, 2.45) is 7.05 Å². The molecule has 0 aliphatic heterocycles. The van der Waals surface area contributed by atoms with Gasteiger partial charge in [-0.25, -0.2) is 9.78 Å². The lowest BCUT2D eigenvalue weighted by Gasteiger charge is -2.15. The second kappa shape index (κ2) is 12.8. The summed E-state index contributed by atoms with van der Waals surface area (Å²) >= 11 is 0. The molecule has 0 fully saturated rings. The maximum Gasteiger partial charge on any atom is 0.326 e. The van der Waals surface area contributed by atoms with E-state index >= 15 is 0 Å². The summed E-state index contributed by atoms with van der Waals surface area (Å²) in [5.41, 5.74) is 4.43. The molecule has 0 aliphatic rings. The van der Waals surface area contributed by atoms with Crippen molar-refractivity contribution in [3.63, 3.8) is 0 Å². The van der Waals surface area contributed by atoms with Crippen LogP contribution in [0.15, 0.2) is 72.9 Å². The molecule has 2 heterocycles. The predicted octanol–water partition coefficient (Wildman–Crippen LogP) is 3.01. The van der Waals surface area contributed by atoms with Gasteiger partial charge in [0, 0.05) is 31.9 Å². The molecular formula is C28H32N6O3. The van der Waals surface area contributed by atoms with Gasteiger partial charge in [-0.15, -0.1) is 0 Å². The zero-order valence-corrected chi connectivity index (χ0v) is 20.9. The van der Waals surface area contributed by atoms with E-state index in [1.165, 1.54) is 0 Å². The predicted molar refractivity (Wildman–Crippen MR) is 142 cm³/mol. The Balaban J connectivity index is 1.20. The summed E-state index contributed by atoms with van der Waals surface area (Å²) in [6.07, 6.45) is 2.68. The number of para-hydroxylation sites is 2. The number of nitrogens with zero attached hydrogens (tertiary/aromatic N) is 3. The summed E-state index contributed by atoms with van der Waals surface area (Å²) in [6, 6.07) is 19.9. The molecule has 0 saturated carbocycles. The van der Waals surface area contributed by atoms with Crippen molar-refractivity contribution in [3.8, 4) is 0 Å². The minimum Gasteiger partial charge on any atom is -0.480 e. The summed E-state index contributed by atoms with van der Waals surface area (Å²) in [7, 11) is 1.98. The molecule has 0 saturated heterocycles. The molecule has 1 atom stereocenters. The molecule has 192 valence electrons. The third-order valence-corrected chi connectivity index (χ3v) is 6.19. The summed E-state index contributed by atoms with van der Waals surface area (Å²) in [5.74, 6) is -0.522. The first-order valence-corrected chi connectivity index (χ1v) is 12.4. The van der Waals surface area contributed by atoms with Crippen molar-refractivity contribution in [2.75, 3.05) is 6.54 Å². The summed E-state index contributed by atoms with van der Waals surface area (Å²) in [5, 5.41) is 18.9. The van der Waals surface area contributed by atoms with E-state index in [9.17, 15) is 14.7 Å². The van der Waals surface area contributed by atoms with Gasteiger partial charge in [0.15, 0.2) is 0 Å². The van der Waals surface area contributed by atoms with Gasteiger partial charge in [-0.2, -0.15) is 0 Å². The number of carboxylic acids is 1. The van der Waals surface area contributed by atoms with Crippen molar-refractivity contribution < 1.29 is 14.7 Å². The van der Waals surface area contributed by atoms with Gasteiger partial charge in [0.1, 0.15) is 11.9 Å². The molecule has 9 heteroatoms. The number of rotatable bonds is 13. The van der Waals surface area contributed by atoms with E-state index < -0.39 is 17.9 Å². The Labute approximate surface area is 216 Å². The number of pyridine rings is 1. The quantitative estimate of drug-likeness (QED) is 0.208. The summed E-state index contributed by atoms with van der Waals surface area (Å²) < 4.78 is 2.05. The van der Waals surface area contributed by atoms with Gasteiger partial charge >= 0.3 is 5.97 Å². The highest BCUT2D eigenvalue weighted by atomic mass is 16.4. The number of hydrogen-bond donors (Lipinski definition) is 4. The number of carboxylic acid groups (broad SMARTS) is 1. The highest BCUT2D eigenvalue weighted by Gasteiger charge is 2.20. The van der Waals surface area contributed by atoms with Gasteiger partial charge < -0.3 is 25.6 Å². The third-order valence-electron chi connectivity index (χ3n) is 6.19. The van der Waals surface area contributed by atoms with E-state index in [4.69, 9.17) is 0 Å². The van der Waals surface area contributed by atoms with Crippen LogP contribution in [0.3, 0.4) is 0 Å². The Hall–Kier alpha value is -4.08. The van der Waals surface area contributed by atoms with E-state index in [0.29, 0.717) is 44.6 Å². The Kier molecular flexibility index (Phi) is 8.96. The van der Waals surface area contributed by atoms with Gasteiger partial charge in [0.2, 0.25) is 0 Å². The molecule has 0 radical (unpaired) electrons. The average Bonchev–Trinajstić information content (AvgIpc) is 3.24. The molecule has 9 nitrogen and oxygen atoms in total. The van der Waals surface area contributed by atoms with E-state index in [2.05, 4.69) is 25.9 Å². The first-order valence-electron chi connectivity index (χ1n) is 12.4. The number of fused-ring (bicyclic) bond motifs is 1. The molecule has 4 N–H and O–H groups in total. The van der Waals surface area contributed by atoms with Crippen LogP contribution < -0.4 is 16.0 Å². The van der Waals surface area contributed by atoms with Crippen molar-refractivity contribution in [3.05, 3.63) is 95.6 Å². The number of nitrogens with one attached hydrogen (secondary N) is 3. The molecule has 0 spiro atoms. The maximum atomic E-state index is 12.6. The number of aromatic nitrogens is 3. The molecule has 2 aromatic heterocycles. The molecule has 4 rings (SSSR count). The molecule has 1 amide bonds. The number of carbonyl (C=O) groups is 2. The SMILES string of the molecule is Cn1c(CNCCC[C@H](NC(=O)c2ccc(CNCc3ccccn3)cc2)C(=O)O)nc2ccccc21. The molecule has 37 heavy (non-hydrogen) atoms. The Bertz CT molecular complexity index is 1320. The van der Waals surface area contributed by atoms with E-state index in [1.807, 2.05) is 66.2 Å². The first-order chi connectivity index (χ1) is 18.0. The van der Waals surface area contributed by atoms with Crippen LogP contribution >= 0.6 is 0 Å². The smallest absolute Gasteiger partial charge is 0.326 e. The second-order valence-corrected chi connectivity index (χ2v) is 8.88. The summed E-state index contributed by atoms with van der Waals surface area (Å²) in [6.45, 7) is 2.48. The standard InChI is InChI=1S/C28H32N6O3/c1-34-25-10-3-2-8-23(25)32-26(34)19-29-15-6-9-24(28(36)37)33-27(35)21-13-11-20(12-14-21)17-30-18-22-7-4-5-16-31-22/h2-5,7-8,10-14,16,24,29-30H,6,9,15,17-19H2,1H3,(H,33,35)(H,36,37)/t24-/m0/s1. The van der Waals surface area contributed by atoms with Crippen LogP contribution in [0.2, 0.25) is 0 Å².